The number of fused-ring (bicyclic) bond motifs is 2. The van der Waals surface area contributed by atoms with Gasteiger partial charge in [-0.25, -0.2) is 4.79 Å². The van der Waals surface area contributed by atoms with E-state index in [0.717, 1.165) is 24.8 Å². The number of aliphatic hydroxyl groups excluding tert-OH is 2. The summed E-state index contributed by atoms with van der Waals surface area (Å²) in [6.07, 6.45) is -2.46. The first-order valence-electron chi connectivity index (χ1n) is 9.73. The van der Waals surface area contributed by atoms with Gasteiger partial charge in [0.2, 0.25) is 0 Å². The second-order valence-electron chi connectivity index (χ2n) is 7.64. The number of halogens is 1. The Morgan fingerprint density at radius 1 is 1.13 bits per heavy atom. The minimum absolute atomic E-state index is 0.160. The minimum atomic E-state index is -1.50. The maximum Gasteiger partial charge on any atom is 0.330 e. The van der Waals surface area contributed by atoms with Gasteiger partial charge in [-0.15, -0.1) is 0 Å². The van der Waals surface area contributed by atoms with Gasteiger partial charge in [0.25, 0.3) is 5.56 Å². The van der Waals surface area contributed by atoms with E-state index in [2.05, 4.69) is 27.6 Å². The van der Waals surface area contributed by atoms with Crippen molar-refractivity contribution in [3.8, 4) is 11.1 Å². The highest BCUT2D eigenvalue weighted by molar-refractivity contribution is 14.1. The quantitative estimate of drug-likeness (QED) is 0.430. The van der Waals surface area contributed by atoms with Crippen LogP contribution in [0.5, 0.6) is 0 Å². The molecule has 8 nitrogen and oxygen atoms in total. The maximum atomic E-state index is 12.4. The molecule has 0 bridgehead atoms. The van der Waals surface area contributed by atoms with Gasteiger partial charge in [0.1, 0.15) is 12.2 Å². The summed E-state index contributed by atoms with van der Waals surface area (Å²) in [5.74, 6) is 0. The maximum absolute atomic E-state index is 12.4. The minimum Gasteiger partial charge on any atom is -0.387 e. The fourth-order valence-electron chi connectivity index (χ4n) is 4.52. The van der Waals surface area contributed by atoms with Crippen LogP contribution in [0.2, 0.25) is 0 Å². The summed E-state index contributed by atoms with van der Waals surface area (Å²) < 4.78 is 13.9. The van der Waals surface area contributed by atoms with Gasteiger partial charge in [-0.3, -0.25) is 14.3 Å². The average Bonchev–Trinajstić information content (AvgIpc) is 3.13. The van der Waals surface area contributed by atoms with Crippen molar-refractivity contribution >= 4 is 22.6 Å². The van der Waals surface area contributed by atoms with Crippen molar-refractivity contribution in [2.24, 2.45) is 0 Å². The Kier molecular flexibility index (Phi) is 5.10. The van der Waals surface area contributed by atoms with Crippen molar-refractivity contribution in [2.45, 2.75) is 30.6 Å². The van der Waals surface area contributed by atoms with Crippen LogP contribution in [0, 0.1) is 3.57 Å². The molecule has 1 aromatic heterocycles. The number of benzene rings is 2. The molecule has 160 valence electrons. The molecule has 0 unspecified atom stereocenters. The van der Waals surface area contributed by atoms with Crippen molar-refractivity contribution in [3.63, 3.8) is 0 Å². The van der Waals surface area contributed by atoms with Gasteiger partial charge in [0.05, 0.1) is 13.2 Å². The molecule has 9 heteroatoms. The third kappa shape index (κ3) is 3.19. The van der Waals surface area contributed by atoms with Crippen LogP contribution >= 0.6 is 22.6 Å². The van der Waals surface area contributed by atoms with Gasteiger partial charge in [-0.05, 0) is 51.4 Å². The fourth-order valence-corrected chi connectivity index (χ4v) is 5.21. The number of H-pyrrole nitrogens is 1. The summed E-state index contributed by atoms with van der Waals surface area (Å²) in [7, 11) is 0. The van der Waals surface area contributed by atoms with Crippen LogP contribution in [0.4, 0.5) is 0 Å². The van der Waals surface area contributed by atoms with Gasteiger partial charge < -0.3 is 19.7 Å². The summed E-state index contributed by atoms with van der Waals surface area (Å²) in [4.78, 5) is 26.0. The first-order valence-corrected chi connectivity index (χ1v) is 10.8. The average molecular weight is 534 g/mol. The molecule has 0 aliphatic carbocycles. The molecule has 3 heterocycles. The second kappa shape index (κ2) is 7.68. The highest BCUT2D eigenvalue weighted by Crippen LogP contribution is 2.51. The van der Waals surface area contributed by atoms with Crippen molar-refractivity contribution < 1.29 is 19.7 Å². The molecule has 31 heavy (non-hydrogen) atoms. The van der Waals surface area contributed by atoms with Crippen molar-refractivity contribution in [1.82, 2.24) is 9.55 Å². The zero-order valence-electron chi connectivity index (χ0n) is 16.2. The Morgan fingerprint density at radius 2 is 1.90 bits per heavy atom. The molecular weight excluding hydrogens is 515 g/mol. The Balaban J connectivity index is 1.70. The van der Waals surface area contributed by atoms with E-state index in [1.807, 2.05) is 42.5 Å². The number of hydrogen-bond acceptors (Lipinski definition) is 6. The molecule has 3 aromatic rings. The predicted molar refractivity (Wildman–Crippen MR) is 119 cm³/mol. The molecule has 2 aromatic carbocycles. The predicted octanol–water partition coefficient (Wildman–Crippen LogP) is 1.48. The number of rotatable bonds is 2. The van der Waals surface area contributed by atoms with E-state index < -0.39 is 35.3 Å². The number of nitrogens with one attached hydrogen (secondary N) is 1. The lowest BCUT2D eigenvalue weighted by Gasteiger charge is -2.46. The van der Waals surface area contributed by atoms with Crippen molar-refractivity contribution in [2.75, 3.05) is 6.61 Å². The Bertz CT molecular complexity index is 1260. The summed E-state index contributed by atoms with van der Waals surface area (Å²) in [5.41, 5.74) is 0.544. The number of aromatic nitrogens is 2. The monoisotopic (exact) mass is 534 g/mol. The van der Waals surface area contributed by atoms with Crippen LogP contribution < -0.4 is 11.2 Å². The SMILES string of the molecule is O=c1ccn([C@@H]2OC[C@@H](O)[C@@]3(OCc4cc(I)cc(-c5ccccc5)c43)[C@H]2O)c(=O)[nH]1. The molecule has 1 fully saturated rings. The van der Waals surface area contributed by atoms with Crippen LogP contribution in [0.25, 0.3) is 11.1 Å². The first-order chi connectivity index (χ1) is 14.9. The second-order valence-corrected chi connectivity index (χ2v) is 8.88. The van der Waals surface area contributed by atoms with Gasteiger partial charge in [-0.2, -0.15) is 0 Å². The third-order valence-corrected chi connectivity index (χ3v) is 6.50. The Morgan fingerprint density at radius 3 is 2.65 bits per heavy atom. The Labute approximate surface area is 190 Å². The fraction of sp³-hybridized carbons (Fsp3) is 0.273. The van der Waals surface area contributed by atoms with E-state index in [-0.39, 0.29) is 13.2 Å². The molecule has 2 aliphatic rings. The van der Waals surface area contributed by atoms with E-state index in [9.17, 15) is 19.8 Å². The molecular formula is C22H19IN2O6. The lowest BCUT2D eigenvalue weighted by molar-refractivity contribution is -0.279. The number of nitrogens with zero attached hydrogens (tertiary/aromatic N) is 1. The molecule has 1 saturated heterocycles. The molecule has 5 rings (SSSR count). The van der Waals surface area contributed by atoms with Crippen LogP contribution in [0.3, 0.4) is 0 Å². The zero-order chi connectivity index (χ0) is 21.8. The van der Waals surface area contributed by atoms with Crippen LogP contribution in [-0.4, -0.2) is 38.6 Å². The van der Waals surface area contributed by atoms with Gasteiger partial charge in [0, 0.05) is 21.4 Å². The van der Waals surface area contributed by atoms with E-state index in [0.29, 0.717) is 5.56 Å². The van der Waals surface area contributed by atoms with E-state index >= 15 is 0 Å². The summed E-state index contributed by atoms with van der Waals surface area (Å²) in [6, 6.07) is 14.8. The third-order valence-electron chi connectivity index (χ3n) is 5.88. The Hall–Kier alpha value is -2.31. The van der Waals surface area contributed by atoms with E-state index in [1.54, 1.807) is 0 Å². The lowest BCUT2D eigenvalue weighted by Crippen LogP contribution is -2.60. The zero-order valence-corrected chi connectivity index (χ0v) is 18.4. The first kappa shape index (κ1) is 20.6. The highest BCUT2D eigenvalue weighted by atomic mass is 127. The van der Waals surface area contributed by atoms with Crippen molar-refractivity contribution in [3.05, 3.63) is 90.3 Å². The van der Waals surface area contributed by atoms with Crippen LogP contribution in [0.1, 0.15) is 17.4 Å². The van der Waals surface area contributed by atoms with Crippen LogP contribution in [-0.2, 0) is 21.7 Å². The molecule has 4 atom stereocenters. The smallest absolute Gasteiger partial charge is 0.330 e. The number of ether oxygens (including phenoxy) is 2. The van der Waals surface area contributed by atoms with Gasteiger partial charge in [0.15, 0.2) is 11.8 Å². The summed E-state index contributed by atoms with van der Waals surface area (Å²) in [5, 5.41) is 22.5. The summed E-state index contributed by atoms with van der Waals surface area (Å²) in [6.45, 7) is 0.0420. The molecule has 0 saturated carbocycles. The molecule has 0 radical (unpaired) electrons. The number of aromatic amines is 1. The lowest BCUT2D eigenvalue weighted by atomic mass is 9.76. The summed E-state index contributed by atoms with van der Waals surface area (Å²) >= 11 is 2.23. The van der Waals surface area contributed by atoms with Crippen molar-refractivity contribution in [1.29, 1.82) is 0 Å². The van der Waals surface area contributed by atoms with Crippen LogP contribution in [0.15, 0.2) is 64.3 Å². The number of hydrogen-bond donors (Lipinski definition) is 3. The topological polar surface area (TPSA) is 114 Å². The molecule has 1 spiro atoms. The number of aliphatic hydroxyl groups is 2. The van der Waals surface area contributed by atoms with Gasteiger partial charge >= 0.3 is 5.69 Å². The molecule has 2 aliphatic heterocycles. The van der Waals surface area contributed by atoms with E-state index in [4.69, 9.17) is 9.47 Å². The normalized spacial score (nSPS) is 27.4. The molecule has 3 N–H and O–H groups in total. The van der Waals surface area contributed by atoms with E-state index in [1.165, 1.54) is 12.3 Å². The standard InChI is InChI=1S/C22H19IN2O6/c23-14-8-13-10-31-22(18(13)15(9-14)12-4-2-1-3-5-12)16(26)11-30-20(19(22)28)25-7-6-17(27)24-21(25)29/h1-9,16,19-20,26,28H,10-11H2,(H,24,27,29)/t16-,19+,20-,22+/m1/s1. The van der Waals surface area contributed by atoms with Gasteiger partial charge in [-0.1, -0.05) is 30.3 Å². The largest absolute Gasteiger partial charge is 0.387 e. The molecule has 0 amide bonds. The highest BCUT2D eigenvalue weighted by Gasteiger charge is 2.59.